The minimum Gasteiger partial charge on any atom is -0.507 e. The number of halogens is 1. The molecule has 0 atom stereocenters. The Hall–Kier alpha value is -1.29. The first-order valence-corrected chi connectivity index (χ1v) is 4.39. The fourth-order valence-corrected chi connectivity index (χ4v) is 1.21. The van der Waals surface area contributed by atoms with E-state index < -0.39 is 5.82 Å². The molecule has 4 heteroatoms. The number of hydrogen-bond acceptors (Lipinski definition) is 3. The molecular formula is C10H14FNO2. The summed E-state index contributed by atoms with van der Waals surface area (Å²) in [6.07, 6.45) is 0.457. The molecule has 0 aliphatic rings. The Morgan fingerprint density at radius 1 is 1.50 bits per heavy atom. The quantitative estimate of drug-likeness (QED) is 0.768. The number of phenols is 1. The van der Waals surface area contributed by atoms with E-state index in [1.54, 1.807) is 7.05 Å². The molecule has 0 aliphatic carbocycles. The summed E-state index contributed by atoms with van der Waals surface area (Å²) in [7, 11) is 3.21. The van der Waals surface area contributed by atoms with Crippen LogP contribution in [0.5, 0.6) is 11.5 Å². The standard InChI is InChI=1S/C10H14FNO2/c1-12-4-3-8-9(11)5-7(14-2)6-10(8)13/h5-6,12-13H,3-4H2,1-2H3. The lowest BCUT2D eigenvalue weighted by molar-refractivity contribution is 0.399. The molecule has 1 aromatic carbocycles. The van der Waals surface area contributed by atoms with E-state index in [1.807, 2.05) is 0 Å². The van der Waals surface area contributed by atoms with E-state index in [1.165, 1.54) is 19.2 Å². The largest absolute Gasteiger partial charge is 0.507 e. The molecule has 0 radical (unpaired) electrons. The first-order chi connectivity index (χ1) is 6.69. The Morgan fingerprint density at radius 3 is 2.71 bits per heavy atom. The highest BCUT2D eigenvalue weighted by Gasteiger charge is 2.09. The first-order valence-electron chi connectivity index (χ1n) is 4.39. The molecule has 0 amide bonds. The number of hydrogen-bond donors (Lipinski definition) is 2. The molecule has 0 unspecified atom stereocenters. The second kappa shape index (κ2) is 4.81. The molecule has 14 heavy (non-hydrogen) atoms. The van der Waals surface area contributed by atoms with Gasteiger partial charge in [0.15, 0.2) is 0 Å². The van der Waals surface area contributed by atoms with E-state index in [9.17, 15) is 9.50 Å². The third-order valence-electron chi connectivity index (χ3n) is 2.01. The Bertz CT molecular complexity index is 292. The Balaban J connectivity index is 2.93. The minimum atomic E-state index is -0.433. The van der Waals surface area contributed by atoms with Gasteiger partial charge in [-0.25, -0.2) is 4.39 Å². The van der Waals surface area contributed by atoms with Crippen LogP contribution in [0.25, 0.3) is 0 Å². The summed E-state index contributed by atoms with van der Waals surface area (Å²) in [4.78, 5) is 0. The number of phenolic OH excluding ortho intramolecular Hbond substituents is 1. The zero-order valence-corrected chi connectivity index (χ0v) is 8.30. The summed E-state index contributed by atoms with van der Waals surface area (Å²) < 4.78 is 18.2. The third-order valence-corrected chi connectivity index (χ3v) is 2.01. The van der Waals surface area contributed by atoms with E-state index >= 15 is 0 Å². The van der Waals surface area contributed by atoms with E-state index in [-0.39, 0.29) is 5.75 Å². The smallest absolute Gasteiger partial charge is 0.133 e. The van der Waals surface area contributed by atoms with Crippen LogP contribution in [0.3, 0.4) is 0 Å². The van der Waals surface area contributed by atoms with Crippen LogP contribution in [0, 0.1) is 5.82 Å². The number of aromatic hydroxyl groups is 1. The lowest BCUT2D eigenvalue weighted by Crippen LogP contribution is -2.11. The molecule has 0 spiro atoms. The molecule has 0 aliphatic heterocycles. The van der Waals surface area contributed by atoms with Crippen molar-refractivity contribution in [3.8, 4) is 11.5 Å². The van der Waals surface area contributed by atoms with Crippen LogP contribution in [0.4, 0.5) is 4.39 Å². The molecule has 1 aromatic rings. The van der Waals surface area contributed by atoms with Gasteiger partial charge in [-0.05, 0) is 20.0 Å². The molecule has 78 valence electrons. The maximum Gasteiger partial charge on any atom is 0.133 e. The number of methoxy groups -OCH3 is 1. The van der Waals surface area contributed by atoms with E-state index in [4.69, 9.17) is 4.74 Å². The summed E-state index contributed by atoms with van der Waals surface area (Å²) in [6, 6.07) is 2.68. The molecule has 1 rings (SSSR count). The summed E-state index contributed by atoms with van der Waals surface area (Å²) in [6.45, 7) is 0.622. The molecule has 0 aromatic heterocycles. The van der Waals surface area contributed by atoms with Crippen molar-refractivity contribution in [3.63, 3.8) is 0 Å². The highest BCUT2D eigenvalue weighted by atomic mass is 19.1. The topological polar surface area (TPSA) is 41.5 Å². The van der Waals surface area contributed by atoms with E-state index in [0.29, 0.717) is 24.3 Å². The van der Waals surface area contributed by atoms with Crippen molar-refractivity contribution in [3.05, 3.63) is 23.5 Å². The number of benzene rings is 1. The maximum absolute atomic E-state index is 13.4. The van der Waals surface area contributed by atoms with Crippen LogP contribution in [-0.2, 0) is 6.42 Å². The number of rotatable bonds is 4. The van der Waals surface area contributed by atoms with Gasteiger partial charge in [0.05, 0.1) is 7.11 Å². The van der Waals surface area contributed by atoms with Crippen molar-refractivity contribution < 1.29 is 14.2 Å². The van der Waals surface area contributed by atoms with Crippen molar-refractivity contribution in [2.75, 3.05) is 20.7 Å². The van der Waals surface area contributed by atoms with Gasteiger partial charge in [-0.1, -0.05) is 0 Å². The van der Waals surface area contributed by atoms with Gasteiger partial charge in [-0.3, -0.25) is 0 Å². The number of likely N-dealkylation sites (N-methyl/N-ethyl adjacent to an activating group) is 1. The van der Waals surface area contributed by atoms with Crippen molar-refractivity contribution in [2.45, 2.75) is 6.42 Å². The zero-order valence-electron chi connectivity index (χ0n) is 8.30. The molecule has 0 fully saturated rings. The summed E-state index contributed by atoms with van der Waals surface area (Å²) in [5.74, 6) is -0.164. The third kappa shape index (κ3) is 2.35. The monoisotopic (exact) mass is 199 g/mol. The molecule has 2 N–H and O–H groups in total. The van der Waals surface area contributed by atoms with Crippen LogP contribution in [0.1, 0.15) is 5.56 Å². The van der Waals surface area contributed by atoms with Crippen LogP contribution >= 0.6 is 0 Å². The number of ether oxygens (including phenoxy) is 1. The molecule has 0 saturated carbocycles. The second-order valence-corrected chi connectivity index (χ2v) is 2.96. The van der Waals surface area contributed by atoms with Crippen molar-refractivity contribution in [1.29, 1.82) is 0 Å². The lowest BCUT2D eigenvalue weighted by atomic mass is 10.1. The van der Waals surface area contributed by atoms with E-state index in [2.05, 4.69) is 5.32 Å². The van der Waals surface area contributed by atoms with Crippen molar-refractivity contribution >= 4 is 0 Å². The molecule has 0 heterocycles. The van der Waals surface area contributed by atoms with Crippen LogP contribution < -0.4 is 10.1 Å². The molecular weight excluding hydrogens is 185 g/mol. The van der Waals surface area contributed by atoms with Gasteiger partial charge in [0.25, 0.3) is 0 Å². The van der Waals surface area contributed by atoms with Gasteiger partial charge >= 0.3 is 0 Å². The van der Waals surface area contributed by atoms with Gasteiger partial charge in [0.1, 0.15) is 17.3 Å². The average molecular weight is 199 g/mol. The zero-order chi connectivity index (χ0) is 10.6. The van der Waals surface area contributed by atoms with Crippen LogP contribution in [-0.4, -0.2) is 25.8 Å². The average Bonchev–Trinajstić information content (AvgIpc) is 2.16. The van der Waals surface area contributed by atoms with Crippen molar-refractivity contribution in [1.82, 2.24) is 5.32 Å². The number of nitrogens with one attached hydrogen (secondary N) is 1. The Morgan fingerprint density at radius 2 is 2.21 bits per heavy atom. The summed E-state index contributed by atoms with van der Waals surface area (Å²) in [5.41, 5.74) is 0.320. The molecule has 0 saturated heterocycles. The van der Waals surface area contributed by atoms with E-state index in [0.717, 1.165) is 0 Å². The second-order valence-electron chi connectivity index (χ2n) is 2.96. The SMILES string of the molecule is CNCCc1c(O)cc(OC)cc1F. The highest BCUT2D eigenvalue weighted by molar-refractivity contribution is 5.41. The van der Waals surface area contributed by atoms with Crippen LogP contribution in [0.15, 0.2) is 12.1 Å². The Labute approximate surface area is 82.5 Å². The summed E-state index contributed by atoms with van der Waals surface area (Å²) in [5, 5.41) is 12.4. The van der Waals surface area contributed by atoms with Crippen molar-refractivity contribution in [2.24, 2.45) is 0 Å². The highest BCUT2D eigenvalue weighted by Crippen LogP contribution is 2.26. The van der Waals surface area contributed by atoms with Gasteiger partial charge in [0.2, 0.25) is 0 Å². The molecule has 0 bridgehead atoms. The fourth-order valence-electron chi connectivity index (χ4n) is 1.21. The fraction of sp³-hybridized carbons (Fsp3) is 0.400. The predicted octanol–water partition coefficient (Wildman–Crippen LogP) is 1.30. The molecule has 3 nitrogen and oxygen atoms in total. The lowest BCUT2D eigenvalue weighted by Gasteiger charge is -2.08. The van der Waals surface area contributed by atoms with Gasteiger partial charge < -0.3 is 15.2 Å². The van der Waals surface area contributed by atoms with Crippen LogP contribution in [0.2, 0.25) is 0 Å². The maximum atomic E-state index is 13.4. The van der Waals surface area contributed by atoms with Gasteiger partial charge in [0, 0.05) is 17.7 Å². The summed E-state index contributed by atoms with van der Waals surface area (Å²) >= 11 is 0. The van der Waals surface area contributed by atoms with Gasteiger partial charge in [-0.2, -0.15) is 0 Å². The normalized spacial score (nSPS) is 10.2. The van der Waals surface area contributed by atoms with Gasteiger partial charge in [-0.15, -0.1) is 0 Å². The predicted molar refractivity (Wildman–Crippen MR) is 52.2 cm³/mol. The Kier molecular flexibility index (Phi) is 3.71. The first kappa shape index (κ1) is 10.8. The minimum absolute atomic E-state index is 0.0582.